The lowest BCUT2D eigenvalue weighted by atomic mass is 9.95. The van der Waals surface area contributed by atoms with E-state index in [2.05, 4.69) is 31.0 Å². The molecule has 0 radical (unpaired) electrons. The Morgan fingerprint density at radius 2 is 2.00 bits per heavy atom. The Balaban J connectivity index is 4.18. The summed E-state index contributed by atoms with van der Waals surface area (Å²) in [6.07, 6.45) is 1.46. The molecule has 0 saturated carbocycles. The van der Waals surface area contributed by atoms with Gasteiger partial charge >= 0.3 is 0 Å². The molecule has 102 valence electrons. The van der Waals surface area contributed by atoms with Gasteiger partial charge in [-0.15, -0.1) is 0 Å². The summed E-state index contributed by atoms with van der Waals surface area (Å²) in [7, 11) is 2.04. The van der Waals surface area contributed by atoms with E-state index in [1.807, 2.05) is 14.0 Å². The van der Waals surface area contributed by atoms with Gasteiger partial charge in [-0.3, -0.25) is 4.79 Å². The summed E-state index contributed by atoms with van der Waals surface area (Å²) in [5.41, 5.74) is 5.97. The van der Waals surface area contributed by atoms with Crippen molar-refractivity contribution in [3.8, 4) is 0 Å². The maximum atomic E-state index is 11.6. The first-order valence-corrected chi connectivity index (χ1v) is 6.47. The molecule has 0 rings (SSSR count). The monoisotopic (exact) mass is 243 g/mol. The Labute approximate surface area is 106 Å². The zero-order chi connectivity index (χ0) is 13.5. The van der Waals surface area contributed by atoms with Gasteiger partial charge in [-0.05, 0) is 18.9 Å². The molecule has 17 heavy (non-hydrogen) atoms. The molecule has 1 unspecified atom stereocenters. The molecule has 0 aromatic carbocycles. The van der Waals surface area contributed by atoms with Gasteiger partial charge in [0.15, 0.2) is 0 Å². The van der Waals surface area contributed by atoms with Crippen LogP contribution in [0.5, 0.6) is 0 Å². The number of rotatable bonds is 7. The van der Waals surface area contributed by atoms with Crippen LogP contribution in [-0.4, -0.2) is 43.5 Å². The van der Waals surface area contributed by atoms with E-state index in [0.29, 0.717) is 13.0 Å². The fraction of sp³-hybridized carbons (Fsp3) is 0.923. The molecule has 0 aromatic heterocycles. The summed E-state index contributed by atoms with van der Waals surface area (Å²) < 4.78 is 0. The van der Waals surface area contributed by atoms with Crippen molar-refractivity contribution in [2.75, 3.05) is 26.7 Å². The highest BCUT2D eigenvalue weighted by atomic mass is 16.1. The molecule has 0 bridgehead atoms. The summed E-state index contributed by atoms with van der Waals surface area (Å²) in [4.78, 5) is 13.8. The Bertz CT molecular complexity index is 223. The molecule has 3 N–H and O–H groups in total. The number of nitrogens with zero attached hydrogens (tertiary/aromatic N) is 1. The average molecular weight is 243 g/mol. The number of hydrogen-bond donors (Lipinski definition) is 2. The molecule has 0 spiro atoms. The summed E-state index contributed by atoms with van der Waals surface area (Å²) >= 11 is 0. The smallest absolute Gasteiger partial charge is 0.221 e. The Hall–Kier alpha value is -0.610. The van der Waals surface area contributed by atoms with Crippen molar-refractivity contribution in [3.63, 3.8) is 0 Å². The quantitative estimate of drug-likeness (QED) is 0.706. The fourth-order valence-corrected chi connectivity index (χ4v) is 1.85. The second-order valence-corrected chi connectivity index (χ2v) is 5.92. The van der Waals surface area contributed by atoms with Crippen LogP contribution in [-0.2, 0) is 4.79 Å². The third kappa shape index (κ3) is 8.16. The van der Waals surface area contributed by atoms with E-state index in [4.69, 9.17) is 5.73 Å². The number of likely N-dealkylation sites (N-methyl/N-ethyl adjacent to an activating group) is 1. The average Bonchev–Trinajstić information content (AvgIpc) is 2.20. The first-order chi connectivity index (χ1) is 7.80. The van der Waals surface area contributed by atoms with E-state index in [-0.39, 0.29) is 17.4 Å². The van der Waals surface area contributed by atoms with Crippen molar-refractivity contribution in [1.82, 2.24) is 10.2 Å². The molecular formula is C13H29N3O. The molecule has 4 heteroatoms. The van der Waals surface area contributed by atoms with Crippen molar-refractivity contribution in [2.24, 2.45) is 11.1 Å². The normalized spacial score (nSPS) is 13.8. The summed E-state index contributed by atoms with van der Waals surface area (Å²) in [5, 5.41) is 2.89. The Morgan fingerprint density at radius 1 is 1.41 bits per heavy atom. The van der Waals surface area contributed by atoms with Gasteiger partial charge in [-0.2, -0.15) is 0 Å². The summed E-state index contributed by atoms with van der Waals surface area (Å²) in [6.45, 7) is 10.8. The van der Waals surface area contributed by atoms with Gasteiger partial charge in [0.25, 0.3) is 0 Å². The first kappa shape index (κ1) is 16.4. The van der Waals surface area contributed by atoms with E-state index < -0.39 is 0 Å². The molecule has 0 fully saturated rings. The molecule has 0 aliphatic rings. The van der Waals surface area contributed by atoms with Gasteiger partial charge in [0.05, 0.1) is 0 Å². The molecule has 0 aromatic rings. The van der Waals surface area contributed by atoms with Crippen LogP contribution in [0.4, 0.5) is 0 Å². The zero-order valence-corrected chi connectivity index (χ0v) is 12.0. The maximum absolute atomic E-state index is 11.6. The van der Waals surface area contributed by atoms with Gasteiger partial charge in [-0.25, -0.2) is 0 Å². The second-order valence-electron chi connectivity index (χ2n) is 5.92. The van der Waals surface area contributed by atoms with Gasteiger partial charge in [0.1, 0.15) is 0 Å². The molecule has 0 heterocycles. The van der Waals surface area contributed by atoms with Gasteiger partial charge in [0.2, 0.25) is 5.91 Å². The number of carbonyl (C=O) groups is 1. The van der Waals surface area contributed by atoms with Gasteiger partial charge < -0.3 is 16.0 Å². The van der Waals surface area contributed by atoms with Crippen LogP contribution < -0.4 is 11.1 Å². The highest BCUT2D eigenvalue weighted by Gasteiger charge is 2.21. The minimum absolute atomic E-state index is 0.100. The predicted octanol–water partition coefficient (Wildman–Crippen LogP) is 1.21. The zero-order valence-electron chi connectivity index (χ0n) is 12.0. The number of amides is 1. The topological polar surface area (TPSA) is 58.4 Å². The third-order valence-electron chi connectivity index (χ3n) is 2.61. The van der Waals surface area contributed by atoms with Crippen LogP contribution in [0.2, 0.25) is 0 Å². The molecular weight excluding hydrogens is 214 g/mol. The number of hydrogen-bond acceptors (Lipinski definition) is 3. The van der Waals surface area contributed by atoms with E-state index in [9.17, 15) is 4.79 Å². The highest BCUT2D eigenvalue weighted by Crippen LogP contribution is 2.16. The van der Waals surface area contributed by atoms with Crippen LogP contribution in [0.15, 0.2) is 0 Å². The van der Waals surface area contributed by atoms with E-state index >= 15 is 0 Å². The molecule has 0 saturated heterocycles. The standard InChI is InChI=1S/C13H29N3O/c1-6-7-15-12(17)8-11(9-14)16(5)10-13(2,3)4/h11H,6-10,14H2,1-5H3,(H,15,17). The van der Waals surface area contributed by atoms with Gasteiger partial charge in [-0.1, -0.05) is 27.7 Å². The van der Waals surface area contributed by atoms with Crippen molar-refractivity contribution in [1.29, 1.82) is 0 Å². The predicted molar refractivity (Wildman–Crippen MR) is 72.8 cm³/mol. The van der Waals surface area contributed by atoms with Crippen LogP contribution >= 0.6 is 0 Å². The number of carbonyl (C=O) groups excluding carboxylic acids is 1. The van der Waals surface area contributed by atoms with E-state index in [1.165, 1.54) is 0 Å². The minimum Gasteiger partial charge on any atom is -0.356 e. The molecule has 4 nitrogen and oxygen atoms in total. The molecule has 1 atom stereocenters. The summed E-state index contributed by atoms with van der Waals surface area (Å²) in [6, 6.07) is 0.131. The van der Waals surface area contributed by atoms with Crippen LogP contribution in [0, 0.1) is 5.41 Å². The van der Waals surface area contributed by atoms with Crippen molar-refractivity contribution in [3.05, 3.63) is 0 Å². The van der Waals surface area contributed by atoms with E-state index in [0.717, 1.165) is 19.5 Å². The molecule has 1 amide bonds. The largest absolute Gasteiger partial charge is 0.356 e. The molecule has 0 aliphatic heterocycles. The fourth-order valence-electron chi connectivity index (χ4n) is 1.85. The van der Waals surface area contributed by atoms with Crippen molar-refractivity contribution >= 4 is 5.91 Å². The second kappa shape index (κ2) is 7.67. The third-order valence-corrected chi connectivity index (χ3v) is 2.61. The van der Waals surface area contributed by atoms with Gasteiger partial charge in [0, 0.05) is 32.1 Å². The lowest BCUT2D eigenvalue weighted by Crippen LogP contribution is -2.45. The SMILES string of the molecule is CCCNC(=O)CC(CN)N(C)CC(C)(C)C. The number of nitrogens with two attached hydrogens (primary N) is 1. The van der Waals surface area contributed by atoms with E-state index in [1.54, 1.807) is 0 Å². The van der Waals surface area contributed by atoms with Crippen molar-refractivity contribution < 1.29 is 4.79 Å². The van der Waals surface area contributed by atoms with Crippen LogP contribution in [0.1, 0.15) is 40.5 Å². The van der Waals surface area contributed by atoms with Crippen molar-refractivity contribution in [2.45, 2.75) is 46.6 Å². The molecule has 0 aliphatic carbocycles. The maximum Gasteiger partial charge on any atom is 0.221 e. The number of nitrogens with one attached hydrogen (secondary N) is 1. The Morgan fingerprint density at radius 3 is 2.41 bits per heavy atom. The first-order valence-electron chi connectivity index (χ1n) is 6.47. The summed E-state index contributed by atoms with van der Waals surface area (Å²) in [5.74, 6) is 0.100. The highest BCUT2D eigenvalue weighted by molar-refractivity contribution is 5.76. The lowest BCUT2D eigenvalue weighted by molar-refractivity contribution is -0.122. The van der Waals surface area contributed by atoms with Crippen LogP contribution in [0.3, 0.4) is 0 Å². The minimum atomic E-state index is 0.100. The Kier molecular flexibility index (Phi) is 7.39. The van der Waals surface area contributed by atoms with Crippen LogP contribution in [0.25, 0.3) is 0 Å². The lowest BCUT2D eigenvalue weighted by Gasteiger charge is -2.32.